The molecule has 53 valence electrons. The lowest BCUT2D eigenvalue weighted by Gasteiger charge is -2.02. The molecule has 0 aliphatic rings. The Labute approximate surface area is 66.8 Å². The van der Waals surface area contributed by atoms with E-state index >= 15 is 0 Å². The van der Waals surface area contributed by atoms with Crippen molar-refractivity contribution in [2.45, 2.75) is 20.8 Å². The van der Waals surface area contributed by atoms with Gasteiger partial charge in [-0.15, -0.1) is 0 Å². The minimum atomic E-state index is 0.841. The maximum Gasteiger partial charge on any atom is 0.0440 e. The van der Waals surface area contributed by atoms with E-state index in [-0.39, 0.29) is 0 Å². The molecule has 10 heavy (non-hydrogen) atoms. The molecule has 0 saturated heterocycles. The topological polar surface area (TPSA) is 0 Å². The molecule has 0 atom stereocenters. The first-order valence-electron chi connectivity index (χ1n) is 3.27. The highest BCUT2D eigenvalue weighted by Gasteiger charge is 1.98. The molecule has 0 nitrogen and oxygen atoms in total. The second-order valence-electron chi connectivity index (χ2n) is 2.55. The predicted octanol–water partition coefficient (Wildman–Crippen LogP) is 3.07. The van der Waals surface area contributed by atoms with Crippen LogP contribution in [0.3, 0.4) is 0 Å². The summed E-state index contributed by atoms with van der Waals surface area (Å²) in [5.41, 5.74) is 3.38. The first-order valence-corrected chi connectivity index (χ1v) is 3.64. The fraction of sp³-hybridized carbons (Fsp3) is 0.333. The second kappa shape index (κ2) is 2.63. The van der Waals surface area contributed by atoms with E-state index in [1.807, 2.05) is 26.8 Å². The first kappa shape index (κ1) is 7.62. The molecule has 0 aliphatic carbocycles. The van der Waals surface area contributed by atoms with Crippen molar-refractivity contribution in [3.05, 3.63) is 33.8 Å². The van der Waals surface area contributed by atoms with Crippen LogP contribution in [0.4, 0.5) is 0 Å². The number of benzene rings is 1. The minimum Gasteiger partial charge on any atom is -0.0840 e. The van der Waals surface area contributed by atoms with Crippen LogP contribution in [0.5, 0.6) is 0 Å². The van der Waals surface area contributed by atoms with E-state index in [1.54, 1.807) is 0 Å². The Balaban J connectivity index is 3.31. The van der Waals surface area contributed by atoms with Crippen LogP contribution >= 0.6 is 11.6 Å². The van der Waals surface area contributed by atoms with Crippen LogP contribution in [-0.4, -0.2) is 0 Å². The van der Waals surface area contributed by atoms with Crippen LogP contribution < -0.4 is 0 Å². The average Bonchev–Trinajstić information content (AvgIpc) is 1.82. The highest BCUT2D eigenvalue weighted by Crippen LogP contribution is 2.19. The second-order valence-corrected chi connectivity index (χ2v) is 2.96. The molecule has 0 bridgehead atoms. The van der Waals surface area contributed by atoms with E-state index in [2.05, 4.69) is 6.07 Å². The lowest BCUT2D eigenvalue weighted by Crippen LogP contribution is -1.84. The third-order valence-electron chi connectivity index (χ3n) is 1.65. The number of halogens is 1. The van der Waals surface area contributed by atoms with Crippen LogP contribution in [-0.2, 0) is 0 Å². The van der Waals surface area contributed by atoms with Gasteiger partial charge in [0.2, 0.25) is 0 Å². The van der Waals surface area contributed by atoms with Crippen LogP contribution in [0.25, 0.3) is 0 Å². The Morgan fingerprint density at radius 1 is 1.30 bits per heavy atom. The van der Waals surface area contributed by atoms with Crippen molar-refractivity contribution >= 4 is 11.6 Å². The van der Waals surface area contributed by atoms with Gasteiger partial charge in [-0.3, -0.25) is 0 Å². The van der Waals surface area contributed by atoms with Gasteiger partial charge in [-0.25, -0.2) is 0 Å². The zero-order valence-corrected chi connectivity index (χ0v) is 7.21. The van der Waals surface area contributed by atoms with Gasteiger partial charge in [0.15, 0.2) is 0 Å². The molecule has 1 heteroatoms. The van der Waals surface area contributed by atoms with Crippen molar-refractivity contribution in [1.29, 1.82) is 0 Å². The lowest BCUT2D eigenvalue weighted by atomic mass is 10.1. The maximum absolute atomic E-state index is 5.90. The highest BCUT2D eigenvalue weighted by molar-refractivity contribution is 6.31. The molecule has 0 unspecified atom stereocenters. The molecule has 0 saturated carbocycles. The summed E-state index contributed by atoms with van der Waals surface area (Å²) in [4.78, 5) is 0. The molecular weight excluding hydrogens is 144 g/mol. The van der Waals surface area contributed by atoms with Crippen molar-refractivity contribution in [1.82, 2.24) is 0 Å². The van der Waals surface area contributed by atoms with E-state index in [4.69, 9.17) is 11.6 Å². The van der Waals surface area contributed by atoms with Crippen LogP contribution in [0.1, 0.15) is 16.7 Å². The summed E-state index contributed by atoms with van der Waals surface area (Å²) in [6.45, 7) is 6.03. The van der Waals surface area contributed by atoms with Gasteiger partial charge < -0.3 is 0 Å². The van der Waals surface area contributed by atoms with Gasteiger partial charge in [-0.2, -0.15) is 0 Å². The summed E-state index contributed by atoms with van der Waals surface area (Å²) in [5, 5.41) is 0.841. The molecule has 0 N–H and O–H groups in total. The summed E-state index contributed by atoms with van der Waals surface area (Å²) < 4.78 is 0. The van der Waals surface area contributed by atoms with Gasteiger partial charge in [0.05, 0.1) is 0 Å². The molecule has 0 fully saturated rings. The number of rotatable bonds is 0. The standard InChI is InChI=1S/C9H10Cl/c1-6-4-7(2)8(3)9(10)5-6/h5H,1-3H3. The van der Waals surface area contributed by atoms with Gasteiger partial charge >= 0.3 is 0 Å². The molecule has 0 spiro atoms. The van der Waals surface area contributed by atoms with Crippen molar-refractivity contribution in [2.24, 2.45) is 0 Å². The third-order valence-corrected chi connectivity index (χ3v) is 2.04. The molecule has 1 aromatic carbocycles. The molecule has 0 aliphatic heterocycles. The summed E-state index contributed by atoms with van der Waals surface area (Å²) in [7, 11) is 0. The molecule has 1 radical (unpaired) electrons. The average molecular weight is 154 g/mol. The molecule has 0 heterocycles. The summed E-state index contributed by atoms with van der Waals surface area (Å²) in [5.74, 6) is 0. The Morgan fingerprint density at radius 3 is 2.40 bits per heavy atom. The lowest BCUT2D eigenvalue weighted by molar-refractivity contribution is 1.29. The van der Waals surface area contributed by atoms with E-state index in [0.717, 1.165) is 21.7 Å². The van der Waals surface area contributed by atoms with Crippen molar-refractivity contribution in [3.63, 3.8) is 0 Å². The Hall–Kier alpha value is -0.490. The fourth-order valence-corrected chi connectivity index (χ4v) is 1.21. The van der Waals surface area contributed by atoms with Crippen molar-refractivity contribution in [3.8, 4) is 0 Å². The van der Waals surface area contributed by atoms with Gasteiger partial charge in [0, 0.05) is 5.02 Å². The SMILES string of the molecule is Cc1[c]c(C)c(C)c(Cl)c1. The van der Waals surface area contributed by atoms with Crippen LogP contribution in [0, 0.1) is 26.8 Å². The van der Waals surface area contributed by atoms with E-state index in [9.17, 15) is 0 Å². The molecule has 1 rings (SSSR count). The van der Waals surface area contributed by atoms with E-state index in [0.29, 0.717) is 0 Å². The van der Waals surface area contributed by atoms with Gasteiger partial charge in [-0.1, -0.05) is 11.6 Å². The quantitative estimate of drug-likeness (QED) is 0.538. The zero-order valence-electron chi connectivity index (χ0n) is 6.46. The number of hydrogen-bond donors (Lipinski definition) is 0. The van der Waals surface area contributed by atoms with Gasteiger partial charge in [-0.05, 0) is 49.6 Å². The zero-order chi connectivity index (χ0) is 7.72. The van der Waals surface area contributed by atoms with Crippen LogP contribution in [0.2, 0.25) is 5.02 Å². The fourth-order valence-electron chi connectivity index (χ4n) is 0.903. The Morgan fingerprint density at radius 2 is 1.90 bits per heavy atom. The van der Waals surface area contributed by atoms with Gasteiger partial charge in [0.25, 0.3) is 0 Å². The first-order chi connectivity index (χ1) is 4.61. The maximum atomic E-state index is 5.90. The highest BCUT2D eigenvalue weighted by atomic mass is 35.5. The monoisotopic (exact) mass is 153 g/mol. The van der Waals surface area contributed by atoms with E-state index < -0.39 is 0 Å². The summed E-state index contributed by atoms with van der Waals surface area (Å²) >= 11 is 5.90. The Kier molecular flexibility index (Phi) is 2.00. The van der Waals surface area contributed by atoms with Crippen molar-refractivity contribution < 1.29 is 0 Å². The molecule has 0 aromatic heterocycles. The number of aryl methyl sites for hydroxylation is 2. The third kappa shape index (κ3) is 1.32. The molecule has 1 aromatic rings. The molecular formula is C9H10Cl. The van der Waals surface area contributed by atoms with Crippen molar-refractivity contribution in [2.75, 3.05) is 0 Å². The predicted molar refractivity (Wildman–Crippen MR) is 44.5 cm³/mol. The Bertz CT molecular complexity index is 228. The minimum absolute atomic E-state index is 0.841. The van der Waals surface area contributed by atoms with E-state index in [1.165, 1.54) is 0 Å². The number of hydrogen-bond acceptors (Lipinski definition) is 0. The summed E-state index contributed by atoms with van der Waals surface area (Å²) in [6.07, 6.45) is 0. The van der Waals surface area contributed by atoms with Gasteiger partial charge in [0.1, 0.15) is 0 Å². The molecule has 0 amide bonds. The largest absolute Gasteiger partial charge is 0.0840 e. The van der Waals surface area contributed by atoms with Crippen LogP contribution in [0.15, 0.2) is 6.07 Å². The normalized spacial score (nSPS) is 10.0. The summed E-state index contributed by atoms with van der Waals surface area (Å²) in [6, 6.07) is 5.13. The smallest absolute Gasteiger partial charge is 0.0440 e.